The number of carbonyl (C=O) groups is 2. The van der Waals surface area contributed by atoms with Gasteiger partial charge in [-0.25, -0.2) is 0 Å². The molecule has 0 radical (unpaired) electrons. The molecule has 0 saturated carbocycles. The molecule has 0 spiro atoms. The monoisotopic (exact) mass is 402 g/mol. The minimum absolute atomic E-state index is 0.00518. The third-order valence-corrected chi connectivity index (χ3v) is 4.46. The summed E-state index contributed by atoms with van der Waals surface area (Å²) in [7, 11) is 1.34. The van der Waals surface area contributed by atoms with Crippen LogP contribution in [0.5, 0.6) is 11.5 Å². The fraction of sp³-hybridized carbons (Fsp3) is 0.579. The molecule has 1 fully saturated rings. The van der Waals surface area contributed by atoms with Crippen LogP contribution in [0.15, 0.2) is 18.2 Å². The van der Waals surface area contributed by atoms with Gasteiger partial charge in [-0.3, -0.25) is 9.59 Å². The van der Waals surface area contributed by atoms with Crippen LogP contribution in [-0.2, 0) is 16.0 Å². The fourth-order valence-corrected chi connectivity index (χ4v) is 3.17. The largest absolute Gasteiger partial charge is 0.493 e. The second-order valence-corrected chi connectivity index (χ2v) is 6.96. The van der Waals surface area contributed by atoms with Gasteiger partial charge in [-0.2, -0.15) is 13.2 Å². The molecule has 9 heteroatoms. The molecule has 1 aliphatic heterocycles. The molecule has 0 bridgehead atoms. The number of hydrogen-bond donors (Lipinski definition) is 1. The van der Waals surface area contributed by atoms with Crippen molar-refractivity contribution < 1.29 is 32.2 Å². The van der Waals surface area contributed by atoms with Gasteiger partial charge in [0.2, 0.25) is 11.8 Å². The summed E-state index contributed by atoms with van der Waals surface area (Å²) in [6, 6.07) is 4.07. The van der Waals surface area contributed by atoms with Gasteiger partial charge in [0.1, 0.15) is 6.04 Å². The number of piperazine rings is 1. The number of amides is 2. The summed E-state index contributed by atoms with van der Waals surface area (Å²) in [4.78, 5) is 26.3. The van der Waals surface area contributed by atoms with Gasteiger partial charge < -0.3 is 19.7 Å². The molecule has 1 N–H and O–H groups in total. The summed E-state index contributed by atoms with van der Waals surface area (Å²) in [5.74, 6) is -0.129. The summed E-state index contributed by atoms with van der Waals surface area (Å²) in [5.41, 5.74) is 0.729. The van der Waals surface area contributed by atoms with Crippen molar-refractivity contribution in [2.45, 2.75) is 38.9 Å². The first-order valence-corrected chi connectivity index (χ1v) is 9.06. The number of alkyl halides is 3. The Morgan fingerprint density at radius 1 is 1.32 bits per heavy atom. The quantitative estimate of drug-likeness (QED) is 0.761. The first kappa shape index (κ1) is 21.8. The number of methoxy groups -OCH3 is 1. The topological polar surface area (TPSA) is 67.9 Å². The van der Waals surface area contributed by atoms with E-state index in [0.29, 0.717) is 19.5 Å². The van der Waals surface area contributed by atoms with Gasteiger partial charge in [-0.05, 0) is 30.0 Å². The van der Waals surface area contributed by atoms with E-state index in [1.165, 1.54) is 13.2 Å². The number of ether oxygens (including phenoxy) is 2. The lowest BCUT2D eigenvalue weighted by Gasteiger charge is -2.37. The molecule has 6 nitrogen and oxygen atoms in total. The standard InChI is InChI=1S/C19H25F3N2O4/c1-12(2)17-18(26)23-8-9-24(17)16(25)7-5-13-4-6-14(15(10-13)27-3)28-11-19(20,21)22/h4,6,10,12,17H,5,7-9,11H2,1-3H3,(H,23,26). The SMILES string of the molecule is COc1cc(CCC(=O)N2CCNC(=O)C2C(C)C)ccc1OCC(F)(F)F. The Morgan fingerprint density at radius 2 is 2.04 bits per heavy atom. The van der Waals surface area contributed by atoms with Crippen LogP contribution in [-0.4, -0.2) is 55.7 Å². The second-order valence-electron chi connectivity index (χ2n) is 6.96. The lowest BCUT2D eigenvalue weighted by atomic mass is 9.98. The Labute approximate surface area is 162 Å². The van der Waals surface area contributed by atoms with E-state index < -0.39 is 18.8 Å². The van der Waals surface area contributed by atoms with Crippen molar-refractivity contribution in [2.24, 2.45) is 5.92 Å². The normalized spacial score (nSPS) is 17.5. The molecule has 1 aromatic rings. The Balaban J connectivity index is 2.01. The van der Waals surface area contributed by atoms with E-state index in [2.05, 4.69) is 5.32 Å². The van der Waals surface area contributed by atoms with Gasteiger partial charge in [0.15, 0.2) is 18.1 Å². The molecule has 0 aromatic heterocycles. The number of halogens is 3. The number of rotatable bonds is 7. The van der Waals surface area contributed by atoms with Gasteiger partial charge in [0.05, 0.1) is 7.11 Å². The van der Waals surface area contributed by atoms with Crippen molar-refractivity contribution in [2.75, 3.05) is 26.8 Å². The fourth-order valence-electron chi connectivity index (χ4n) is 3.17. The molecule has 1 heterocycles. The van der Waals surface area contributed by atoms with Crippen molar-refractivity contribution in [1.29, 1.82) is 0 Å². The maximum atomic E-state index is 12.6. The molecular weight excluding hydrogens is 377 g/mol. The number of nitrogens with one attached hydrogen (secondary N) is 1. The molecule has 1 unspecified atom stereocenters. The lowest BCUT2D eigenvalue weighted by molar-refractivity contribution is -0.153. The summed E-state index contributed by atoms with van der Waals surface area (Å²) in [5, 5.41) is 2.77. The van der Waals surface area contributed by atoms with Crippen LogP contribution in [0.1, 0.15) is 25.8 Å². The van der Waals surface area contributed by atoms with E-state index >= 15 is 0 Å². The van der Waals surface area contributed by atoms with Crippen LogP contribution < -0.4 is 14.8 Å². The maximum Gasteiger partial charge on any atom is 0.422 e. The zero-order valence-corrected chi connectivity index (χ0v) is 16.1. The average molecular weight is 402 g/mol. The van der Waals surface area contributed by atoms with Gasteiger partial charge >= 0.3 is 6.18 Å². The maximum absolute atomic E-state index is 12.6. The molecule has 1 aliphatic rings. The molecule has 2 rings (SSSR count). The van der Waals surface area contributed by atoms with Crippen LogP contribution in [0.25, 0.3) is 0 Å². The molecule has 1 saturated heterocycles. The van der Waals surface area contributed by atoms with E-state index in [4.69, 9.17) is 9.47 Å². The Bertz CT molecular complexity index is 707. The number of aryl methyl sites for hydroxylation is 1. The van der Waals surface area contributed by atoms with Crippen molar-refractivity contribution >= 4 is 11.8 Å². The van der Waals surface area contributed by atoms with E-state index in [1.54, 1.807) is 17.0 Å². The number of nitrogens with zero attached hydrogens (tertiary/aromatic N) is 1. The second kappa shape index (κ2) is 9.16. The molecule has 28 heavy (non-hydrogen) atoms. The first-order valence-electron chi connectivity index (χ1n) is 9.06. The van der Waals surface area contributed by atoms with E-state index in [1.807, 2.05) is 13.8 Å². The van der Waals surface area contributed by atoms with Crippen molar-refractivity contribution in [3.63, 3.8) is 0 Å². The molecular formula is C19H25F3N2O4. The molecule has 0 aliphatic carbocycles. The van der Waals surface area contributed by atoms with Crippen LogP contribution >= 0.6 is 0 Å². The first-order chi connectivity index (χ1) is 13.1. The zero-order chi connectivity index (χ0) is 20.9. The highest BCUT2D eigenvalue weighted by atomic mass is 19.4. The molecule has 1 atom stereocenters. The van der Waals surface area contributed by atoms with Crippen molar-refractivity contribution in [1.82, 2.24) is 10.2 Å². The van der Waals surface area contributed by atoms with E-state index in [9.17, 15) is 22.8 Å². The highest BCUT2D eigenvalue weighted by Crippen LogP contribution is 2.30. The Morgan fingerprint density at radius 3 is 2.64 bits per heavy atom. The number of carbonyl (C=O) groups excluding carboxylic acids is 2. The summed E-state index contributed by atoms with van der Waals surface area (Å²) in [6.45, 7) is 3.25. The predicted molar refractivity (Wildman–Crippen MR) is 96.2 cm³/mol. The Hall–Kier alpha value is -2.45. The third-order valence-electron chi connectivity index (χ3n) is 4.46. The van der Waals surface area contributed by atoms with Crippen LogP contribution in [0, 0.1) is 5.92 Å². The third kappa shape index (κ3) is 5.77. The summed E-state index contributed by atoms with van der Waals surface area (Å²) in [6.07, 6.45) is -3.89. The number of benzene rings is 1. The van der Waals surface area contributed by atoms with Gasteiger partial charge in [-0.1, -0.05) is 19.9 Å². The zero-order valence-electron chi connectivity index (χ0n) is 16.1. The molecule has 1 aromatic carbocycles. The van der Waals surface area contributed by atoms with Crippen molar-refractivity contribution in [3.8, 4) is 11.5 Å². The van der Waals surface area contributed by atoms with Gasteiger partial charge in [-0.15, -0.1) is 0 Å². The smallest absolute Gasteiger partial charge is 0.422 e. The Kier molecular flexibility index (Phi) is 7.15. The van der Waals surface area contributed by atoms with E-state index in [-0.39, 0.29) is 35.7 Å². The van der Waals surface area contributed by atoms with Crippen molar-refractivity contribution in [3.05, 3.63) is 23.8 Å². The van der Waals surface area contributed by atoms with Crippen LogP contribution in [0.2, 0.25) is 0 Å². The molecule has 156 valence electrons. The van der Waals surface area contributed by atoms with Gasteiger partial charge in [0, 0.05) is 19.5 Å². The predicted octanol–water partition coefficient (Wildman–Crippen LogP) is 2.55. The van der Waals surface area contributed by atoms with Crippen LogP contribution in [0.3, 0.4) is 0 Å². The minimum atomic E-state index is -4.44. The van der Waals surface area contributed by atoms with Gasteiger partial charge in [0.25, 0.3) is 0 Å². The number of hydrogen-bond acceptors (Lipinski definition) is 4. The molecule has 2 amide bonds. The minimum Gasteiger partial charge on any atom is -0.493 e. The summed E-state index contributed by atoms with van der Waals surface area (Å²) >= 11 is 0. The highest BCUT2D eigenvalue weighted by molar-refractivity contribution is 5.89. The average Bonchev–Trinajstić information content (AvgIpc) is 2.63. The highest BCUT2D eigenvalue weighted by Gasteiger charge is 2.34. The van der Waals surface area contributed by atoms with E-state index in [0.717, 1.165) is 5.56 Å². The van der Waals surface area contributed by atoms with Crippen LogP contribution in [0.4, 0.5) is 13.2 Å². The summed E-state index contributed by atoms with van der Waals surface area (Å²) < 4.78 is 46.8. The lowest BCUT2D eigenvalue weighted by Crippen LogP contribution is -2.59.